The first-order valence-corrected chi connectivity index (χ1v) is 10.3. The predicted molar refractivity (Wildman–Crippen MR) is 130 cm³/mol. The predicted octanol–water partition coefficient (Wildman–Crippen LogP) is 7.25. The second-order valence-corrected chi connectivity index (χ2v) is 8.15. The highest BCUT2D eigenvalue weighted by Crippen LogP contribution is 2.47. The third kappa shape index (κ3) is 3.95. The summed E-state index contributed by atoms with van der Waals surface area (Å²) in [6, 6.07) is 8.75. The van der Waals surface area contributed by atoms with E-state index >= 15 is 0 Å². The van der Waals surface area contributed by atoms with E-state index < -0.39 is 0 Å². The molecule has 0 saturated carbocycles. The lowest BCUT2D eigenvalue weighted by molar-refractivity contribution is 0.304. The van der Waals surface area contributed by atoms with Gasteiger partial charge in [0.25, 0.3) is 0 Å². The van der Waals surface area contributed by atoms with Gasteiger partial charge in [-0.25, -0.2) is 0 Å². The highest BCUT2D eigenvalue weighted by Gasteiger charge is 2.34. The minimum Gasteiger partial charge on any atom is -0.496 e. The number of hydrogen-bond donors (Lipinski definition) is 0. The van der Waals surface area contributed by atoms with Crippen molar-refractivity contribution in [1.29, 1.82) is 0 Å². The van der Waals surface area contributed by atoms with E-state index in [9.17, 15) is 0 Å². The lowest BCUT2D eigenvalue weighted by Gasteiger charge is -2.36. The van der Waals surface area contributed by atoms with Crippen molar-refractivity contribution in [3.63, 3.8) is 0 Å². The van der Waals surface area contributed by atoms with Gasteiger partial charge in [-0.15, -0.1) is 0 Å². The molecule has 2 nitrogen and oxygen atoms in total. The molecule has 0 aromatic heterocycles. The molecule has 1 aromatic rings. The van der Waals surface area contributed by atoms with Gasteiger partial charge in [-0.2, -0.15) is 0 Å². The van der Waals surface area contributed by atoms with Crippen LogP contribution in [0.4, 0.5) is 0 Å². The molecule has 0 unspecified atom stereocenters. The van der Waals surface area contributed by atoms with Crippen molar-refractivity contribution in [2.75, 3.05) is 7.11 Å². The smallest absolute Gasteiger partial charge is 0.127 e. The van der Waals surface area contributed by atoms with Crippen LogP contribution in [0.15, 0.2) is 107 Å². The van der Waals surface area contributed by atoms with Crippen LogP contribution in [0.1, 0.15) is 45.2 Å². The Morgan fingerprint density at radius 2 is 1.93 bits per heavy atom. The maximum absolute atomic E-state index is 5.43. The molecule has 2 bridgehead atoms. The van der Waals surface area contributed by atoms with Gasteiger partial charge in [0.05, 0.1) is 12.8 Å². The average Bonchev–Trinajstić information content (AvgIpc) is 2.96. The molecule has 30 heavy (non-hydrogen) atoms. The fourth-order valence-electron chi connectivity index (χ4n) is 4.09. The summed E-state index contributed by atoms with van der Waals surface area (Å²) in [6.07, 6.45) is 13.3. The molecule has 0 N–H and O–H groups in total. The summed E-state index contributed by atoms with van der Waals surface area (Å²) in [6.45, 7) is 16.5. The van der Waals surface area contributed by atoms with Crippen molar-refractivity contribution in [3.05, 3.63) is 113 Å². The summed E-state index contributed by atoms with van der Waals surface area (Å²) >= 11 is 0. The molecule has 2 aliphatic rings. The Morgan fingerprint density at radius 1 is 1.20 bits per heavy atom. The van der Waals surface area contributed by atoms with Gasteiger partial charge in [0.1, 0.15) is 5.76 Å². The maximum Gasteiger partial charge on any atom is 0.127 e. The van der Waals surface area contributed by atoms with Crippen LogP contribution in [-0.2, 0) is 10.2 Å². The van der Waals surface area contributed by atoms with E-state index in [0.29, 0.717) is 5.76 Å². The lowest BCUT2D eigenvalue weighted by atomic mass is 9.67. The first kappa shape index (κ1) is 21.6. The Bertz CT molecular complexity index is 1070. The van der Waals surface area contributed by atoms with Crippen LogP contribution in [0, 0.1) is 0 Å². The normalized spacial score (nSPS) is 18.4. The van der Waals surface area contributed by atoms with E-state index in [-0.39, 0.29) is 5.41 Å². The minimum absolute atomic E-state index is 0.0194. The van der Waals surface area contributed by atoms with Crippen molar-refractivity contribution in [1.82, 2.24) is 0 Å². The number of nitrogens with zero attached hydrogens (tertiary/aromatic N) is 1. The number of methoxy groups -OCH3 is 1. The number of rotatable bonds is 6. The number of aliphatic imine (C=N–C) groups is 1. The van der Waals surface area contributed by atoms with Crippen molar-refractivity contribution in [3.8, 4) is 0 Å². The van der Waals surface area contributed by atoms with Crippen LogP contribution >= 0.6 is 0 Å². The fraction of sp³-hybridized carbons (Fsp3) is 0.250. The highest BCUT2D eigenvalue weighted by molar-refractivity contribution is 6.02. The number of allylic oxidation sites excluding steroid dienone is 9. The zero-order chi connectivity index (χ0) is 21.9. The molecule has 0 saturated heterocycles. The Kier molecular flexibility index (Phi) is 6.26. The molecule has 3 rings (SSSR count). The quantitative estimate of drug-likeness (QED) is 0.281. The molecule has 0 atom stereocenters. The summed E-state index contributed by atoms with van der Waals surface area (Å²) in [5.41, 5.74) is 9.11. The Labute approximate surface area is 181 Å². The van der Waals surface area contributed by atoms with Crippen molar-refractivity contribution < 1.29 is 4.74 Å². The van der Waals surface area contributed by atoms with Crippen LogP contribution in [0.3, 0.4) is 0 Å². The van der Waals surface area contributed by atoms with Gasteiger partial charge in [-0.05, 0) is 48.6 Å². The number of benzene rings is 1. The Balaban J connectivity index is 2.04. The van der Waals surface area contributed by atoms with Gasteiger partial charge in [0.15, 0.2) is 0 Å². The number of hydrogen-bond acceptors (Lipinski definition) is 2. The largest absolute Gasteiger partial charge is 0.496 e. The molecule has 0 radical (unpaired) electrons. The zero-order valence-corrected chi connectivity index (χ0v) is 18.8. The Morgan fingerprint density at radius 3 is 2.60 bits per heavy atom. The van der Waals surface area contributed by atoms with Gasteiger partial charge >= 0.3 is 0 Å². The van der Waals surface area contributed by atoms with Crippen LogP contribution in [-0.4, -0.2) is 12.8 Å². The van der Waals surface area contributed by atoms with Gasteiger partial charge in [0.2, 0.25) is 0 Å². The van der Waals surface area contributed by atoms with Crippen LogP contribution in [0.5, 0.6) is 0 Å². The molecular formula is C28H31NO. The standard InChI is InChI=1S/C28H31NO/c1-8-12-27(30-7)19(3)20(4)29-26(9-2)22-16-15-21-17-23(18-22)28(5,6)25-14-11-10-13-24(21)25/h8-16,18H,1,3,17H2,2,4-7H3/b26-9-,27-12+,29-20?. The van der Waals surface area contributed by atoms with E-state index in [4.69, 9.17) is 9.73 Å². The minimum atomic E-state index is -0.0194. The van der Waals surface area contributed by atoms with Crippen molar-refractivity contribution >= 4 is 11.3 Å². The highest BCUT2D eigenvalue weighted by atomic mass is 16.5. The van der Waals surface area contributed by atoms with Crippen LogP contribution in [0.2, 0.25) is 0 Å². The third-order valence-corrected chi connectivity index (χ3v) is 6.00. The van der Waals surface area contributed by atoms with E-state index in [1.165, 1.54) is 22.3 Å². The Hall–Kier alpha value is -3.13. The summed E-state index contributed by atoms with van der Waals surface area (Å²) < 4.78 is 5.43. The van der Waals surface area contributed by atoms with E-state index in [0.717, 1.165) is 29.0 Å². The molecular weight excluding hydrogens is 366 g/mol. The second-order valence-electron chi connectivity index (χ2n) is 8.15. The van der Waals surface area contributed by atoms with Crippen molar-refractivity contribution in [2.45, 2.75) is 39.5 Å². The van der Waals surface area contributed by atoms with E-state index in [1.54, 1.807) is 19.3 Å². The van der Waals surface area contributed by atoms with Crippen LogP contribution in [0.25, 0.3) is 5.57 Å². The molecule has 1 aromatic carbocycles. The zero-order valence-electron chi connectivity index (χ0n) is 18.8. The number of ether oxygens (including phenoxy) is 1. The first-order valence-electron chi connectivity index (χ1n) is 10.3. The number of fused-ring (bicyclic) bond motifs is 4. The SMILES string of the molecule is C=C/C=C(/OC)C(=C)C(C)=N/C(=C\C)C1=CC=C2CC(=C1)C(C)(C)c1ccccc12. The first-order chi connectivity index (χ1) is 14.3. The van der Waals surface area contributed by atoms with Crippen molar-refractivity contribution in [2.24, 2.45) is 4.99 Å². The van der Waals surface area contributed by atoms with E-state index in [2.05, 4.69) is 75.6 Å². The van der Waals surface area contributed by atoms with Crippen LogP contribution < -0.4 is 0 Å². The summed E-state index contributed by atoms with van der Waals surface area (Å²) in [5.74, 6) is 0.671. The molecule has 0 fully saturated rings. The summed E-state index contributed by atoms with van der Waals surface area (Å²) in [7, 11) is 1.63. The molecule has 0 amide bonds. The summed E-state index contributed by atoms with van der Waals surface area (Å²) in [4.78, 5) is 4.90. The third-order valence-electron chi connectivity index (χ3n) is 6.00. The molecule has 2 aliphatic carbocycles. The van der Waals surface area contributed by atoms with Gasteiger partial charge in [-0.3, -0.25) is 4.99 Å². The molecule has 0 spiro atoms. The average molecular weight is 398 g/mol. The lowest BCUT2D eigenvalue weighted by Crippen LogP contribution is -2.26. The van der Waals surface area contributed by atoms with Gasteiger partial charge in [0, 0.05) is 16.7 Å². The molecule has 2 heteroatoms. The van der Waals surface area contributed by atoms with E-state index in [1.807, 2.05) is 13.8 Å². The second kappa shape index (κ2) is 8.71. The van der Waals surface area contributed by atoms with Gasteiger partial charge < -0.3 is 4.74 Å². The fourth-order valence-corrected chi connectivity index (χ4v) is 4.09. The summed E-state index contributed by atoms with van der Waals surface area (Å²) in [5, 5.41) is 0. The molecule has 0 heterocycles. The van der Waals surface area contributed by atoms with Gasteiger partial charge in [-0.1, -0.05) is 87.2 Å². The maximum atomic E-state index is 5.43. The molecule has 0 aliphatic heterocycles. The monoisotopic (exact) mass is 397 g/mol. The molecule has 154 valence electrons. The topological polar surface area (TPSA) is 21.6 Å².